The highest BCUT2D eigenvalue weighted by Crippen LogP contribution is 2.38. The van der Waals surface area contributed by atoms with Crippen LogP contribution < -0.4 is 9.47 Å². The summed E-state index contributed by atoms with van der Waals surface area (Å²) in [6.07, 6.45) is 1.44. The van der Waals surface area contributed by atoms with Gasteiger partial charge in [-0.15, -0.1) is 0 Å². The van der Waals surface area contributed by atoms with Gasteiger partial charge < -0.3 is 14.2 Å². The van der Waals surface area contributed by atoms with E-state index in [1.54, 1.807) is 44.4 Å². The fraction of sp³-hybridized carbons (Fsp3) is 0.111. The van der Waals surface area contributed by atoms with Crippen molar-refractivity contribution in [3.05, 3.63) is 61.3 Å². The Balaban J connectivity index is 1.98. The van der Waals surface area contributed by atoms with Gasteiger partial charge in [-0.25, -0.2) is 9.79 Å². The van der Waals surface area contributed by atoms with Crippen LogP contribution in [0.1, 0.15) is 12.5 Å². The van der Waals surface area contributed by atoms with Crippen LogP contribution in [0.15, 0.2) is 47.1 Å². The number of rotatable bonds is 5. The van der Waals surface area contributed by atoms with E-state index in [0.29, 0.717) is 20.6 Å². The summed E-state index contributed by atoms with van der Waals surface area (Å²) in [5.74, 6) is 0.829. The van der Waals surface area contributed by atoms with Crippen molar-refractivity contribution >= 4 is 46.2 Å². The summed E-state index contributed by atoms with van der Waals surface area (Å²) in [4.78, 5) is 26.6. The van der Waals surface area contributed by atoms with Crippen molar-refractivity contribution < 1.29 is 23.9 Å². The number of carbonyl (C=O) groups is 1. The lowest BCUT2D eigenvalue weighted by molar-refractivity contribution is -0.385. The lowest BCUT2D eigenvalue weighted by atomic mass is 10.1. The van der Waals surface area contributed by atoms with Crippen molar-refractivity contribution in [2.45, 2.75) is 6.92 Å². The number of hydrogen-bond donors (Lipinski definition) is 0. The molecule has 0 fully saturated rings. The summed E-state index contributed by atoms with van der Waals surface area (Å²) < 4.78 is 16.2. The highest BCUT2D eigenvalue weighted by atomic mass is 127. The first-order valence-electron chi connectivity index (χ1n) is 7.66. The Morgan fingerprint density at radius 3 is 2.44 bits per heavy atom. The zero-order valence-corrected chi connectivity index (χ0v) is 16.4. The number of carbonyl (C=O) groups excluding carboxylic acids is 1. The van der Waals surface area contributed by atoms with Gasteiger partial charge in [-0.2, -0.15) is 0 Å². The largest absolute Gasteiger partial charge is 0.497 e. The molecule has 0 saturated carbocycles. The van der Waals surface area contributed by atoms with Gasteiger partial charge in [0.2, 0.25) is 5.75 Å². The summed E-state index contributed by atoms with van der Waals surface area (Å²) in [5, 5.41) is 11.5. The number of halogens is 1. The minimum Gasteiger partial charge on any atom is -0.497 e. The van der Waals surface area contributed by atoms with Gasteiger partial charge in [0.1, 0.15) is 11.5 Å². The number of ether oxygens (including phenoxy) is 3. The average Bonchev–Trinajstić information content (AvgIpc) is 2.94. The number of aliphatic imine (C=N–C) groups is 1. The molecule has 2 aromatic carbocycles. The number of nitro groups is 1. The average molecular weight is 480 g/mol. The van der Waals surface area contributed by atoms with Crippen molar-refractivity contribution in [1.29, 1.82) is 0 Å². The van der Waals surface area contributed by atoms with Gasteiger partial charge >= 0.3 is 11.7 Å². The topological polar surface area (TPSA) is 100 Å². The summed E-state index contributed by atoms with van der Waals surface area (Å²) in [6.45, 7) is 1.55. The van der Waals surface area contributed by atoms with Crippen LogP contribution in [-0.4, -0.2) is 23.9 Å². The summed E-state index contributed by atoms with van der Waals surface area (Å²) in [6, 6.07) is 9.68. The molecule has 9 heteroatoms. The Kier molecular flexibility index (Phi) is 5.40. The first-order chi connectivity index (χ1) is 12.9. The van der Waals surface area contributed by atoms with Gasteiger partial charge in [-0.3, -0.25) is 10.1 Å². The van der Waals surface area contributed by atoms with Crippen LogP contribution in [0.4, 0.5) is 5.69 Å². The van der Waals surface area contributed by atoms with E-state index in [1.165, 1.54) is 12.1 Å². The molecule has 1 heterocycles. The number of nitro benzene ring substituents is 1. The molecule has 0 atom stereocenters. The minimum atomic E-state index is -0.594. The molecule has 8 nitrogen and oxygen atoms in total. The number of nitrogens with zero attached hydrogens (tertiary/aromatic N) is 2. The molecule has 27 heavy (non-hydrogen) atoms. The Morgan fingerprint density at radius 2 is 1.89 bits per heavy atom. The van der Waals surface area contributed by atoms with Gasteiger partial charge in [0, 0.05) is 13.0 Å². The molecule has 2 aromatic rings. The molecule has 0 amide bonds. The predicted molar refractivity (Wildman–Crippen MR) is 106 cm³/mol. The maximum absolute atomic E-state index is 11.7. The monoisotopic (exact) mass is 480 g/mol. The van der Waals surface area contributed by atoms with Crippen molar-refractivity contribution in [3.63, 3.8) is 0 Å². The molecule has 0 spiro atoms. The summed E-state index contributed by atoms with van der Waals surface area (Å²) in [5.41, 5.74) is 0.302. The van der Waals surface area contributed by atoms with Crippen LogP contribution in [0, 0.1) is 13.7 Å². The maximum atomic E-state index is 11.7. The SMILES string of the molecule is COc1ccc(Oc2c(I)cc(/C=C3/N=C(C)OC3=O)cc2[N+](=O)[O-])cc1. The lowest BCUT2D eigenvalue weighted by Crippen LogP contribution is -2.00. The molecule has 0 unspecified atom stereocenters. The molecular formula is C18H13IN2O6. The molecule has 0 bridgehead atoms. The first-order valence-corrected chi connectivity index (χ1v) is 8.74. The van der Waals surface area contributed by atoms with Gasteiger partial charge in [-0.05, 0) is 64.6 Å². The molecule has 3 rings (SSSR count). The standard InChI is InChI=1S/C18H13IN2O6/c1-10-20-15(18(22)26-10)8-11-7-14(19)17(16(9-11)21(23)24)27-13-5-3-12(25-2)4-6-13/h3-9H,1-2H3/b15-8+. The van der Waals surface area contributed by atoms with Crippen molar-refractivity contribution in [2.24, 2.45) is 4.99 Å². The minimum absolute atomic E-state index is 0.0846. The van der Waals surface area contributed by atoms with Crippen molar-refractivity contribution in [1.82, 2.24) is 0 Å². The van der Waals surface area contributed by atoms with Gasteiger partial charge in [0.25, 0.3) is 0 Å². The van der Waals surface area contributed by atoms with Crippen molar-refractivity contribution in [2.75, 3.05) is 7.11 Å². The number of methoxy groups -OCH3 is 1. The lowest BCUT2D eigenvalue weighted by Gasteiger charge is -2.10. The second-order valence-corrected chi connectivity index (χ2v) is 6.60. The fourth-order valence-electron chi connectivity index (χ4n) is 2.35. The Hall–Kier alpha value is -2.95. The molecule has 1 aliphatic rings. The molecule has 0 aliphatic carbocycles. The molecule has 0 aromatic heterocycles. The Labute approximate surface area is 167 Å². The van der Waals surface area contributed by atoms with E-state index in [1.807, 2.05) is 22.6 Å². The molecule has 0 N–H and O–H groups in total. The summed E-state index contributed by atoms with van der Waals surface area (Å²) >= 11 is 1.95. The zero-order chi connectivity index (χ0) is 19.6. The van der Waals surface area contributed by atoms with Crippen LogP contribution in [0.3, 0.4) is 0 Å². The van der Waals surface area contributed by atoms with E-state index in [0.717, 1.165) is 0 Å². The van der Waals surface area contributed by atoms with Crippen LogP contribution in [0.25, 0.3) is 6.08 Å². The second-order valence-electron chi connectivity index (χ2n) is 5.44. The van der Waals surface area contributed by atoms with Crippen molar-refractivity contribution in [3.8, 4) is 17.2 Å². The highest BCUT2D eigenvalue weighted by molar-refractivity contribution is 14.1. The van der Waals surface area contributed by atoms with E-state index in [4.69, 9.17) is 14.2 Å². The number of hydrogen-bond acceptors (Lipinski definition) is 7. The molecule has 138 valence electrons. The molecule has 0 saturated heterocycles. The maximum Gasteiger partial charge on any atom is 0.363 e. The van der Waals surface area contributed by atoms with Crippen LogP contribution in [-0.2, 0) is 9.53 Å². The normalized spacial score (nSPS) is 14.7. The van der Waals surface area contributed by atoms with E-state index in [2.05, 4.69) is 4.99 Å². The number of esters is 1. The molecular weight excluding hydrogens is 467 g/mol. The first kappa shape index (κ1) is 18.8. The molecule has 1 aliphatic heterocycles. The third kappa shape index (κ3) is 4.25. The summed E-state index contributed by atoms with van der Waals surface area (Å²) in [7, 11) is 1.54. The van der Waals surface area contributed by atoms with Gasteiger partial charge in [0.05, 0.1) is 15.6 Å². The number of cyclic esters (lactones) is 1. The van der Waals surface area contributed by atoms with E-state index >= 15 is 0 Å². The van der Waals surface area contributed by atoms with Gasteiger partial charge in [0.15, 0.2) is 11.6 Å². The Bertz CT molecular complexity index is 982. The van der Waals surface area contributed by atoms with E-state index < -0.39 is 10.9 Å². The zero-order valence-electron chi connectivity index (χ0n) is 14.3. The van der Waals surface area contributed by atoms with E-state index in [9.17, 15) is 14.9 Å². The third-order valence-corrected chi connectivity index (χ3v) is 4.35. The number of benzene rings is 2. The van der Waals surface area contributed by atoms with E-state index in [-0.39, 0.29) is 23.0 Å². The van der Waals surface area contributed by atoms with Crippen LogP contribution in [0.2, 0.25) is 0 Å². The predicted octanol–water partition coefficient (Wildman–Crippen LogP) is 4.32. The Morgan fingerprint density at radius 1 is 1.22 bits per heavy atom. The smallest absolute Gasteiger partial charge is 0.363 e. The quantitative estimate of drug-likeness (QED) is 0.208. The second kappa shape index (κ2) is 7.74. The third-order valence-electron chi connectivity index (χ3n) is 3.55. The molecule has 0 radical (unpaired) electrons. The van der Waals surface area contributed by atoms with Crippen LogP contribution >= 0.6 is 22.6 Å². The van der Waals surface area contributed by atoms with Crippen LogP contribution in [0.5, 0.6) is 17.2 Å². The highest BCUT2D eigenvalue weighted by Gasteiger charge is 2.23. The fourth-order valence-corrected chi connectivity index (χ4v) is 3.10. The van der Waals surface area contributed by atoms with Gasteiger partial charge in [-0.1, -0.05) is 0 Å².